The van der Waals surface area contributed by atoms with Crippen LogP contribution in [-0.4, -0.2) is 17.4 Å². The number of nitro benzene ring substituents is 1. The number of amides is 1. The van der Waals surface area contributed by atoms with Crippen molar-refractivity contribution in [3.05, 3.63) is 57.5 Å². The molecule has 2 rings (SSSR count). The van der Waals surface area contributed by atoms with Crippen molar-refractivity contribution in [3.63, 3.8) is 0 Å². The van der Waals surface area contributed by atoms with E-state index in [0.29, 0.717) is 5.56 Å². The Kier molecular flexibility index (Phi) is 5.13. The molecule has 0 radical (unpaired) electrons. The number of hydrogen-bond acceptors (Lipinski definition) is 5. The molecule has 7 heteroatoms. The summed E-state index contributed by atoms with van der Waals surface area (Å²) in [4.78, 5) is 22.7. The molecule has 0 saturated heterocycles. The van der Waals surface area contributed by atoms with Gasteiger partial charge in [0.2, 0.25) is 5.91 Å². The number of nitro groups is 1. The first kappa shape index (κ1) is 16.7. The monoisotopic (exact) mass is 317 g/mol. The summed E-state index contributed by atoms with van der Waals surface area (Å²) < 4.78 is 5.25. The summed E-state index contributed by atoms with van der Waals surface area (Å²) in [6.45, 7) is 5.47. The number of benzene rings is 1. The van der Waals surface area contributed by atoms with E-state index in [1.165, 1.54) is 6.07 Å². The lowest BCUT2D eigenvalue weighted by Gasteiger charge is -2.13. The quantitative estimate of drug-likeness (QED) is 0.630. The minimum absolute atomic E-state index is 0.0202. The van der Waals surface area contributed by atoms with Crippen LogP contribution in [0.25, 0.3) is 0 Å². The predicted molar refractivity (Wildman–Crippen MR) is 86.3 cm³/mol. The van der Waals surface area contributed by atoms with Crippen molar-refractivity contribution in [1.29, 1.82) is 0 Å². The number of carbonyl (C=O) groups excluding carboxylic acids is 1. The van der Waals surface area contributed by atoms with Crippen molar-refractivity contribution in [2.75, 3.05) is 11.9 Å². The van der Waals surface area contributed by atoms with Gasteiger partial charge in [-0.05, 0) is 44.0 Å². The molecule has 0 aliphatic heterocycles. The van der Waals surface area contributed by atoms with E-state index in [-0.39, 0.29) is 29.9 Å². The summed E-state index contributed by atoms with van der Waals surface area (Å²) in [6, 6.07) is 6.51. The van der Waals surface area contributed by atoms with Crippen molar-refractivity contribution in [2.24, 2.45) is 0 Å². The number of nitrogens with zero attached hydrogens (tertiary/aromatic N) is 1. The molecule has 1 heterocycles. The largest absolute Gasteiger partial charge is 0.468 e. The summed E-state index contributed by atoms with van der Waals surface area (Å²) in [5, 5.41) is 16.8. The second-order valence-corrected chi connectivity index (χ2v) is 5.32. The van der Waals surface area contributed by atoms with Crippen molar-refractivity contribution in [3.8, 4) is 0 Å². The van der Waals surface area contributed by atoms with Crippen molar-refractivity contribution < 1.29 is 14.1 Å². The Bertz CT molecular complexity index is 710. The maximum Gasteiger partial charge on any atom is 0.293 e. The summed E-state index contributed by atoms with van der Waals surface area (Å²) in [5.41, 5.74) is 1.70. The fraction of sp³-hybridized carbons (Fsp3) is 0.312. The molecule has 2 aromatic rings. The second-order valence-electron chi connectivity index (χ2n) is 5.32. The lowest BCUT2D eigenvalue weighted by Crippen LogP contribution is -2.30. The first-order valence-corrected chi connectivity index (χ1v) is 7.21. The molecule has 1 atom stereocenters. The normalized spacial score (nSPS) is 12.0. The van der Waals surface area contributed by atoms with E-state index in [0.717, 1.165) is 11.3 Å². The molecule has 1 amide bonds. The molecule has 23 heavy (non-hydrogen) atoms. The van der Waals surface area contributed by atoms with Gasteiger partial charge in [-0.3, -0.25) is 20.2 Å². The third kappa shape index (κ3) is 3.95. The first-order valence-electron chi connectivity index (χ1n) is 7.21. The van der Waals surface area contributed by atoms with Crippen LogP contribution in [0, 0.1) is 24.0 Å². The third-order valence-corrected chi connectivity index (χ3v) is 3.71. The Balaban J connectivity index is 2.05. The van der Waals surface area contributed by atoms with Crippen LogP contribution >= 0.6 is 0 Å². The average molecular weight is 317 g/mol. The second kappa shape index (κ2) is 7.06. The van der Waals surface area contributed by atoms with Crippen LogP contribution in [0.5, 0.6) is 0 Å². The highest BCUT2D eigenvalue weighted by Crippen LogP contribution is 2.30. The lowest BCUT2D eigenvalue weighted by molar-refractivity contribution is -0.384. The van der Waals surface area contributed by atoms with Crippen LogP contribution in [0.4, 0.5) is 11.4 Å². The topological polar surface area (TPSA) is 97.4 Å². The first-order chi connectivity index (χ1) is 10.9. The number of aryl methyl sites for hydroxylation is 1. The highest BCUT2D eigenvalue weighted by atomic mass is 16.6. The fourth-order valence-corrected chi connectivity index (χ4v) is 2.18. The molecule has 0 aliphatic carbocycles. The smallest absolute Gasteiger partial charge is 0.293 e. The molecule has 0 spiro atoms. The number of rotatable bonds is 6. The number of furan rings is 1. The SMILES string of the molecule is Cc1ccc([N+](=O)[O-])c(NC(=O)CN[C@H](C)c2ccco2)c1C. The van der Waals surface area contributed by atoms with Crippen LogP contribution in [0.15, 0.2) is 34.9 Å². The van der Waals surface area contributed by atoms with Gasteiger partial charge in [0, 0.05) is 6.07 Å². The minimum Gasteiger partial charge on any atom is -0.468 e. The van der Waals surface area contributed by atoms with E-state index in [1.54, 1.807) is 25.3 Å². The van der Waals surface area contributed by atoms with Gasteiger partial charge in [-0.1, -0.05) is 6.07 Å². The summed E-state index contributed by atoms with van der Waals surface area (Å²) in [7, 11) is 0. The zero-order valence-electron chi connectivity index (χ0n) is 13.3. The summed E-state index contributed by atoms with van der Waals surface area (Å²) in [6.07, 6.45) is 1.56. The fourth-order valence-electron chi connectivity index (χ4n) is 2.18. The Hall–Kier alpha value is -2.67. The number of hydrogen-bond donors (Lipinski definition) is 2. The van der Waals surface area contributed by atoms with Crippen LogP contribution < -0.4 is 10.6 Å². The molecular weight excluding hydrogens is 298 g/mol. The van der Waals surface area contributed by atoms with E-state index >= 15 is 0 Å². The molecule has 0 saturated carbocycles. The van der Waals surface area contributed by atoms with Crippen molar-refractivity contribution >= 4 is 17.3 Å². The molecule has 122 valence electrons. The Labute approximate surface area is 133 Å². The van der Waals surface area contributed by atoms with Gasteiger partial charge in [0.25, 0.3) is 5.69 Å². The van der Waals surface area contributed by atoms with Gasteiger partial charge < -0.3 is 9.73 Å². The molecule has 0 aliphatic rings. The van der Waals surface area contributed by atoms with Gasteiger partial charge in [-0.15, -0.1) is 0 Å². The Morgan fingerprint density at radius 1 is 1.35 bits per heavy atom. The summed E-state index contributed by atoms with van der Waals surface area (Å²) in [5.74, 6) is 0.371. The van der Waals surface area contributed by atoms with E-state index in [2.05, 4.69) is 10.6 Å². The molecule has 7 nitrogen and oxygen atoms in total. The maximum absolute atomic E-state index is 12.1. The van der Waals surface area contributed by atoms with Gasteiger partial charge in [-0.25, -0.2) is 0 Å². The maximum atomic E-state index is 12.1. The lowest BCUT2D eigenvalue weighted by atomic mass is 10.1. The van der Waals surface area contributed by atoms with Crippen molar-refractivity contribution in [1.82, 2.24) is 5.32 Å². The van der Waals surface area contributed by atoms with Crippen LogP contribution in [0.2, 0.25) is 0 Å². The average Bonchev–Trinajstić information content (AvgIpc) is 3.03. The molecule has 0 unspecified atom stereocenters. The van der Waals surface area contributed by atoms with Gasteiger partial charge in [0.05, 0.1) is 23.8 Å². The zero-order chi connectivity index (χ0) is 17.0. The predicted octanol–water partition coefficient (Wildman–Crippen LogP) is 3.09. The molecule has 1 aromatic carbocycles. The summed E-state index contributed by atoms with van der Waals surface area (Å²) >= 11 is 0. The number of anilines is 1. The van der Waals surface area contributed by atoms with Crippen LogP contribution in [0.3, 0.4) is 0 Å². The van der Waals surface area contributed by atoms with Gasteiger partial charge in [0.15, 0.2) is 0 Å². The number of nitrogens with one attached hydrogen (secondary N) is 2. The molecular formula is C16H19N3O4. The van der Waals surface area contributed by atoms with Gasteiger partial charge in [-0.2, -0.15) is 0 Å². The minimum atomic E-state index is -0.499. The van der Waals surface area contributed by atoms with E-state index in [4.69, 9.17) is 4.42 Å². The standard InChI is InChI=1S/C16H19N3O4/c1-10-6-7-13(19(21)22)16(11(10)2)18-15(20)9-17-12(3)14-5-4-8-23-14/h4-8,12,17H,9H2,1-3H3,(H,18,20)/t12-/m1/s1. The number of carbonyl (C=O) groups is 1. The molecule has 1 aromatic heterocycles. The molecule has 0 bridgehead atoms. The van der Waals surface area contributed by atoms with Crippen LogP contribution in [0.1, 0.15) is 29.9 Å². The van der Waals surface area contributed by atoms with E-state index in [9.17, 15) is 14.9 Å². The van der Waals surface area contributed by atoms with Gasteiger partial charge >= 0.3 is 0 Å². The Morgan fingerprint density at radius 3 is 2.70 bits per heavy atom. The molecule has 0 fully saturated rings. The van der Waals surface area contributed by atoms with Crippen molar-refractivity contribution in [2.45, 2.75) is 26.8 Å². The van der Waals surface area contributed by atoms with Gasteiger partial charge in [0.1, 0.15) is 11.4 Å². The van der Waals surface area contributed by atoms with Crippen LogP contribution in [-0.2, 0) is 4.79 Å². The third-order valence-electron chi connectivity index (χ3n) is 3.71. The van der Waals surface area contributed by atoms with E-state index in [1.807, 2.05) is 19.9 Å². The van der Waals surface area contributed by atoms with E-state index < -0.39 is 4.92 Å². The highest BCUT2D eigenvalue weighted by Gasteiger charge is 2.19. The Morgan fingerprint density at radius 2 is 2.09 bits per heavy atom. The highest BCUT2D eigenvalue weighted by molar-refractivity contribution is 5.95. The molecule has 2 N–H and O–H groups in total. The zero-order valence-corrected chi connectivity index (χ0v) is 13.3.